The zero-order valence-electron chi connectivity index (χ0n) is 9.81. The maximum atomic E-state index is 13.3. The van der Waals surface area contributed by atoms with Crippen LogP contribution in [-0.4, -0.2) is 25.4 Å². The minimum absolute atomic E-state index is 0.223. The molecule has 0 aliphatic heterocycles. The van der Waals surface area contributed by atoms with Gasteiger partial charge in [-0.3, -0.25) is 11.3 Å². The average molecular weight is 345 g/mol. The van der Waals surface area contributed by atoms with Crippen LogP contribution in [0.1, 0.15) is 5.56 Å². The van der Waals surface area contributed by atoms with Gasteiger partial charge in [0.2, 0.25) is 0 Å². The van der Waals surface area contributed by atoms with E-state index in [2.05, 4.69) is 26.1 Å². The first-order valence-electron chi connectivity index (χ1n) is 5.37. The van der Waals surface area contributed by atoms with Crippen LogP contribution in [0.25, 0.3) is 0 Å². The van der Waals surface area contributed by atoms with E-state index in [1.807, 2.05) is 0 Å². The fourth-order valence-electron chi connectivity index (χ4n) is 1.45. The molecule has 1 rings (SSSR count). The van der Waals surface area contributed by atoms with Gasteiger partial charge in [-0.1, -0.05) is 12.1 Å². The molecular weight excluding hydrogens is 332 g/mol. The maximum absolute atomic E-state index is 13.3. The number of benzene rings is 1. The number of ether oxygens (including phenoxy) is 1. The molecular formula is C11H13BrF4N2O. The molecule has 1 unspecified atom stereocenters. The molecule has 0 fully saturated rings. The summed E-state index contributed by atoms with van der Waals surface area (Å²) in [6.45, 7) is -1.56. The lowest BCUT2D eigenvalue weighted by atomic mass is 10.1. The van der Waals surface area contributed by atoms with E-state index in [1.165, 1.54) is 12.1 Å². The van der Waals surface area contributed by atoms with Gasteiger partial charge in [0.25, 0.3) is 0 Å². The van der Waals surface area contributed by atoms with E-state index in [0.29, 0.717) is 5.56 Å². The van der Waals surface area contributed by atoms with Crippen molar-refractivity contribution < 1.29 is 22.3 Å². The number of hydrazine groups is 1. The van der Waals surface area contributed by atoms with Gasteiger partial charge in [-0.15, -0.1) is 0 Å². The van der Waals surface area contributed by atoms with Crippen LogP contribution in [-0.2, 0) is 11.2 Å². The Kier molecular flexibility index (Phi) is 6.18. The monoisotopic (exact) mass is 344 g/mol. The van der Waals surface area contributed by atoms with Gasteiger partial charge in [0.15, 0.2) is 0 Å². The zero-order valence-corrected chi connectivity index (χ0v) is 11.4. The molecule has 0 spiro atoms. The Hall–Kier alpha value is -0.700. The highest BCUT2D eigenvalue weighted by Gasteiger charge is 2.28. The Morgan fingerprint density at radius 3 is 2.63 bits per heavy atom. The molecule has 0 heterocycles. The van der Waals surface area contributed by atoms with E-state index in [0.717, 1.165) is 0 Å². The number of hydrogen-bond acceptors (Lipinski definition) is 3. The SMILES string of the molecule is NNC(COCC(F)(F)F)Cc1cccc(F)c1Br. The summed E-state index contributed by atoms with van der Waals surface area (Å²) >= 11 is 3.07. The van der Waals surface area contributed by atoms with Crippen molar-refractivity contribution in [1.29, 1.82) is 0 Å². The van der Waals surface area contributed by atoms with Crippen LogP contribution in [0, 0.1) is 5.82 Å². The quantitative estimate of drug-likeness (QED) is 0.473. The van der Waals surface area contributed by atoms with E-state index in [1.54, 1.807) is 6.07 Å². The summed E-state index contributed by atoms with van der Waals surface area (Å²) in [4.78, 5) is 0. The highest BCUT2D eigenvalue weighted by atomic mass is 79.9. The molecule has 0 saturated carbocycles. The van der Waals surface area contributed by atoms with Crippen molar-refractivity contribution in [2.75, 3.05) is 13.2 Å². The molecule has 0 radical (unpaired) electrons. The highest BCUT2D eigenvalue weighted by Crippen LogP contribution is 2.22. The van der Waals surface area contributed by atoms with Crippen LogP contribution in [0.2, 0.25) is 0 Å². The third-order valence-electron chi connectivity index (χ3n) is 2.32. The lowest BCUT2D eigenvalue weighted by Gasteiger charge is -2.17. The second-order valence-corrected chi connectivity index (χ2v) is 4.70. The Bertz CT molecular complexity index is 414. The highest BCUT2D eigenvalue weighted by molar-refractivity contribution is 9.10. The Morgan fingerprint density at radius 2 is 2.05 bits per heavy atom. The van der Waals surface area contributed by atoms with Gasteiger partial charge < -0.3 is 4.74 Å². The Balaban J connectivity index is 2.55. The smallest absolute Gasteiger partial charge is 0.370 e. The predicted octanol–water partition coefficient (Wildman–Crippen LogP) is 2.54. The molecule has 1 aromatic rings. The molecule has 0 saturated heterocycles. The summed E-state index contributed by atoms with van der Waals surface area (Å²) in [5.41, 5.74) is 2.94. The zero-order chi connectivity index (χ0) is 14.5. The molecule has 19 heavy (non-hydrogen) atoms. The number of nitrogens with one attached hydrogen (secondary N) is 1. The molecule has 0 aliphatic rings. The second kappa shape index (κ2) is 7.18. The summed E-state index contributed by atoms with van der Waals surface area (Å²) in [6, 6.07) is 3.90. The van der Waals surface area contributed by atoms with Gasteiger partial charge in [-0.05, 0) is 34.0 Å². The number of nitrogens with two attached hydrogens (primary N) is 1. The topological polar surface area (TPSA) is 47.3 Å². The van der Waals surface area contributed by atoms with E-state index < -0.39 is 24.6 Å². The number of halogens is 5. The Labute approximate surface area is 116 Å². The number of alkyl halides is 3. The summed E-state index contributed by atoms with van der Waals surface area (Å²) in [5, 5.41) is 0. The summed E-state index contributed by atoms with van der Waals surface area (Å²) < 4.78 is 53.8. The summed E-state index contributed by atoms with van der Waals surface area (Å²) in [5.74, 6) is 4.80. The molecule has 0 amide bonds. The van der Waals surface area contributed by atoms with E-state index >= 15 is 0 Å². The second-order valence-electron chi connectivity index (χ2n) is 3.91. The number of rotatable bonds is 6. The fourth-order valence-corrected chi connectivity index (χ4v) is 1.88. The van der Waals surface area contributed by atoms with Gasteiger partial charge in [-0.2, -0.15) is 13.2 Å². The van der Waals surface area contributed by atoms with Crippen LogP contribution in [0.3, 0.4) is 0 Å². The van der Waals surface area contributed by atoms with Crippen LogP contribution in [0.4, 0.5) is 17.6 Å². The maximum Gasteiger partial charge on any atom is 0.411 e. The first-order valence-corrected chi connectivity index (χ1v) is 6.16. The van der Waals surface area contributed by atoms with Crippen molar-refractivity contribution in [3.8, 4) is 0 Å². The molecule has 1 atom stereocenters. The molecule has 8 heteroatoms. The lowest BCUT2D eigenvalue weighted by molar-refractivity contribution is -0.175. The Morgan fingerprint density at radius 1 is 1.37 bits per heavy atom. The predicted molar refractivity (Wildman–Crippen MR) is 65.8 cm³/mol. The van der Waals surface area contributed by atoms with Crippen LogP contribution in [0.15, 0.2) is 22.7 Å². The third kappa shape index (κ3) is 5.85. The molecule has 0 aromatic heterocycles. The molecule has 3 nitrogen and oxygen atoms in total. The largest absolute Gasteiger partial charge is 0.411 e. The van der Waals surface area contributed by atoms with E-state index in [4.69, 9.17) is 5.84 Å². The van der Waals surface area contributed by atoms with Gasteiger partial charge in [-0.25, -0.2) is 4.39 Å². The summed E-state index contributed by atoms with van der Waals surface area (Å²) in [7, 11) is 0. The van der Waals surface area contributed by atoms with E-state index in [-0.39, 0.29) is 17.5 Å². The average Bonchev–Trinajstić information content (AvgIpc) is 2.32. The molecule has 1 aromatic carbocycles. The molecule has 3 N–H and O–H groups in total. The molecule has 0 aliphatic carbocycles. The fraction of sp³-hybridized carbons (Fsp3) is 0.455. The van der Waals surface area contributed by atoms with Crippen molar-refractivity contribution in [1.82, 2.24) is 5.43 Å². The van der Waals surface area contributed by atoms with Gasteiger partial charge in [0, 0.05) is 6.04 Å². The first kappa shape index (κ1) is 16.4. The molecule has 108 valence electrons. The first-order chi connectivity index (χ1) is 8.83. The van der Waals surface area contributed by atoms with Gasteiger partial charge in [0.05, 0.1) is 11.1 Å². The summed E-state index contributed by atoms with van der Waals surface area (Å²) in [6.07, 6.45) is -4.13. The standard InChI is InChI=1S/C11H13BrF4N2O/c12-10-7(2-1-3-9(10)13)4-8(18-17)5-19-6-11(14,15)16/h1-3,8,18H,4-6,17H2. The van der Waals surface area contributed by atoms with Crippen LogP contribution in [0.5, 0.6) is 0 Å². The minimum atomic E-state index is -4.38. The van der Waals surface area contributed by atoms with Gasteiger partial charge >= 0.3 is 6.18 Å². The normalized spacial score (nSPS) is 13.6. The van der Waals surface area contributed by atoms with Crippen LogP contribution >= 0.6 is 15.9 Å². The van der Waals surface area contributed by atoms with E-state index in [9.17, 15) is 17.6 Å². The third-order valence-corrected chi connectivity index (χ3v) is 3.21. The van der Waals surface area contributed by atoms with Crippen molar-refractivity contribution in [2.24, 2.45) is 5.84 Å². The van der Waals surface area contributed by atoms with Gasteiger partial charge in [0.1, 0.15) is 12.4 Å². The van der Waals surface area contributed by atoms with Crippen molar-refractivity contribution in [3.63, 3.8) is 0 Å². The minimum Gasteiger partial charge on any atom is -0.370 e. The van der Waals surface area contributed by atoms with Crippen LogP contribution < -0.4 is 11.3 Å². The molecule has 0 bridgehead atoms. The number of hydrogen-bond donors (Lipinski definition) is 2. The van der Waals surface area contributed by atoms with Crippen molar-refractivity contribution >= 4 is 15.9 Å². The van der Waals surface area contributed by atoms with Crippen molar-refractivity contribution in [3.05, 3.63) is 34.1 Å². The van der Waals surface area contributed by atoms with Crippen molar-refractivity contribution in [2.45, 2.75) is 18.6 Å². The lowest BCUT2D eigenvalue weighted by Crippen LogP contribution is -2.41.